The van der Waals surface area contributed by atoms with Crippen molar-refractivity contribution in [3.63, 3.8) is 0 Å². The maximum Gasteiger partial charge on any atom is 0.238 e. The van der Waals surface area contributed by atoms with E-state index < -0.39 is 11.3 Å². The summed E-state index contributed by atoms with van der Waals surface area (Å²) < 4.78 is 37.4. The van der Waals surface area contributed by atoms with Gasteiger partial charge in [-0.1, -0.05) is 24.6 Å². The number of likely N-dealkylation sites (tertiary alicyclic amines) is 1. The van der Waals surface area contributed by atoms with Crippen molar-refractivity contribution < 1.29 is 23.0 Å². The third-order valence-electron chi connectivity index (χ3n) is 7.57. The average molecular weight is 604 g/mol. The molecule has 11 nitrogen and oxygen atoms in total. The van der Waals surface area contributed by atoms with Crippen LogP contribution in [-0.2, 0) is 16.1 Å². The molecule has 5 rings (SSSR count). The second-order valence-corrected chi connectivity index (χ2v) is 11.3. The second-order valence-electron chi connectivity index (χ2n) is 10.5. The second kappa shape index (κ2) is 13.4. The first-order chi connectivity index (χ1) is 20.7. The molecule has 1 amide bonds. The van der Waals surface area contributed by atoms with Crippen LogP contribution in [0.4, 0.5) is 28.7 Å². The predicted octanol–water partition coefficient (Wildman–Crippen LogP) is 5.52. The van der Waals surface area contributed by atoms with Crippen LogP contribution < -0.4 is 24.4 Å². The van der Waals surface area contributed by atoms with Gasteiger partial charge in [-0.05, 0) is 57.0 Å². The Kier molecular flexibility index (Phi) is 9.39. The van der Waals surface area contributed by atoms with Gasteiger partial charge in [0.25, 0.3) is 0 Å². The van der Waals surface area contributed by atoms with Gasteiger partial charge >= 0.3 is 0 Å². The van der Waals surface area contributed by atoms with Gasteiger partial charge in [0.05, 0.1) is 48.8 Å². The molecule has 1 saturated heterocycles. The van der Waals surface area contributed by atoms with Gasteiger partial charge in [0.2, 0.25) is 5.91 Å². The fraction of sp³-hybridized carbons (Fsp3) is 0.323. The number of piperidine rings is 1. The zero-order valence-corrected chi connectivity index (χ0v) is 25.4. The van der Waals surface area contributed by atoms with Gasteiger partial charge in [-0.25, -0.2) is 9.97 Å². The van der Waals surface area contributed by atoms with Crippen LogP contribution in [-0.4, -0.2) is 62.4 Å². The summed E-state index contributed by atoms with van der Waals surface area (Å²) in [7, 11) is 3.09. The molecular formula is C31H35N6O5S-. The maximum absolute atomic E-state index is 13.0. The van der Waals surface area contributed by atoms with Crippen LogP contribution in [0.1, 0.15) is 33.1 Å². The molecule has 0 saturated carbocycles. The molecule has 1 aromatic heterocycles. The topological polar surface area (TPSA) is 132 Å². The number of ether oxygens (including phenoxy) is 2. The molecule has 1 fully saturated rings. The molecule has 0 bridgehead atoms. The van der Waals surface area contributed by atoms with Crippen LogP contribution in [0.15, 0.2) is 66.7 Å². The van der Waals surface area contributed by atoms with Gasteiger partial charge in [0.15, 0.2) is 11.6 Å². The van der Waals surface area contributed by atoms with Gasteiger partial charge < -0.3 is 24.7 Å². The van der Waals surface area contributed by atoms with Crippen molar-refractivity contribution in [3.05, 3.63) is 66.7 Å². The van der Waals surface area contributed by atoms with E-state index in [2.05, 4.69) is 29.4 Å². The molecule has 2 N–H and O–H groups in total. The molecular weight excluding hydrogens is 568 g/mol. The molecule has 4 aromatic rings. The number of carbonyl (C=O) groups excluding carboxylic acids is 1. The third kappa shape index (κ3) is 7.04. The van der Waals surface area contributed by atoms with Crippen molar-refractivity contribution in [1.29, 1.82) is 0 Å². The minimum Gasteiger partial charge on any atom is -0.755 e. The fourth-order valence-electron chi connectivity index (χ4n) is 5.37. The molecule has 1 aliphatic heterocycles. The van der Waals surface area contributed by atoms with E-state index in [9.17, 15) is 13.6 Å². The summed E-state index contributed by atoms with van der Waals surface area (Å²) in [5, 5.41) is 6.13. The average Bonchev–Trinajstić information content (AvgIpc) is 2.99. The van der Waals surface area contributed by atoms with Crippen LogP contribution in [0.5, 0.6) is 11.5 Å². The lowest BCUT2D eigenvalue weighted by molar-refractivity contribution is -0.118. The number of nitrogens with zero attached hydrogens (tertiary/aromatic N) is 4. The van der Waals surface area contributed by atoms with E-state index in [0.717, 1.165) is 23.6 Å². The fourth-order valence-corrected chi connectivity index (χ4v) is 5.93. The van der Waals surface area contributed by atoms with Crippen LogP contribution in [0, 0.1) is 0 Å². The Morgan fingerprint density at radius 1 is 0.953 bits per heavy atom. The van der Waals surface area contributed by atoms with Crippen molar-refractivity contribution >= 4 is 56.9 Å². The van der Waals surface area contributed by atoms with Crippen molar-refractivity contribution in [1.82, 2.24) is 14.9 Å². The highest BCUT2D eigenvalue weighted by atomic mass is 32.2. The molecule has 43 heavy (non-hydrogen) atoms. The molecule has 0 radical (unpaired) electrons. The van der Waals surface area contributed by atoms with E-state index in [-0.39, 0.29) is 29.8 Å². The standard InChI is InChI=1S/C31H36N6O5S/c1-20-9-7-10-21(2)36(20)19-29(38)32-22-11-8-12-24(15-22)37(43(39)40)31-30(34-27-13-5-6-14-28(27)35-31)33-23-16-25(41-3)18-26(17-23)42-4/h5-6,8,11-18,20-21H,7,9-10,19H2,1-4H3,(H,32,38)(H,33,34)(H,39,40)/p-1. The van der Waals surface area contributed by atoms with Gasteiger partial charge in [0, 0.05) is 41.7 Å². The van der Waals surface area contributed by atoms with Crippen LogP contribution in [0.25, 0.3) is 11.0 Å². The Hall–Kier alpha value is -4.26. The molecule has 0 spiro atoms. The molecule has 12 heteroatoms. The van der Waals surface area contributed by atoms with Crippen molar-refractivity contribution in [3.8, 4) is 11.5 Å². The Morgan fingerprint density at radius 2 is 1.60 bits per heavy atom. The van der Waals surface area contributed by atoms with Crippen molar-refractivity contribution in [2.75, 3.05) is 35.7 Å². The monoisotopic (exact) mass is 603 g/mol. The molecule has 0 aliphatic carbocycles. The number of benzene rings is 3. The predicted molar refractivity (Wildman–Crippen MR) is 168 cm³/mol. The Labute approximate surface area is 253 Å². The lowest BCUT2D eigenvalue weighted by Gasteiger charge is -2.38. The molecule has 3 atom stereocenters. The molecule has 1 aliphatic rings. The number of hydrogen-bond acceptors (Lipinski definition) is 9. The van der Waals surface area contributed by atoms with Crippen molar-refractivity contribution in [2.45, 2.75) is 45.2 Å². The Balaban J connectivity index is 1.49. The summed E-state index contributed by atoms with van der Waals surface area (Å²) in [6.07, 6.45) is 3.27. The van der Waals surface area contributed by atoms with Crippen LogP contribution in [0.2, 0.25) is 0 Å². The number of methoxy groups -OCH3 is 2. The van der Waals surface area contributed by atoms with Gasteiger partial charge in [-0.3, -0.25) is 18.2 Å². The largest absolute Gasteiger partial charge is 0.755 e. The zero-order chi connectivity index (χ0) is 30.5. The lowest BCUT2D eigenvalue weighted by Crippen LogP contribution is -2.47. The summed E-state index contributed by atoms with van der Waals surface area (Å²) in [5.74, 6) is 1.16. The number of para-hydroxylation sites is 2. The molecule has 226 valence electrons. The Morgan fingerprint density at radius 3 is 2.23 bits per heavy atom. The summed E-state index contributed by atoms with van der Waals surface area (Å²) in [5.41, 5.74) is 2.39. The minimum atomic E-state index is -2.79. The maximum atomic E-state index is 13.0. The van der Waals surface area contributed by atoms with Crippen molar-refractivity contribution in [2.24, 2.45) is 0 Å². The van der Waals surface area contributed by atoms with E-state index >= 15 is 0 Å². The molecule has 3 aromatic carbocycles. The smallest absolute Gasteiger partial charge is 0.238 e. The van der Waals surface area contributed by atoms with E-state index in [0.29, 0.717) is 46.0 Å². The number of aromatic nitrogens is 2. The normalized spacial score (nSPS) is 17.7. The first kappa shape index (κ1) is 30.2. The minimum absolute atomic E-state index is 0.0493. The highest BCUT2D eigenvalue weighted by Crippen LogP contribution is 2.36. The highest BCUT2D eigenvalue weighted by molar-refractivity contribution is 7.81. The first-order valence-corrected chi connectivity index (χ1v) is 15.1. The Bertz CT molecular complexity index is 1600. The summed E-state index contributed by atoms with van der Waals surface area (Å²) in [6.45, 7) is 4.55. The van der Waals surface area contributed by atoms with Gasteiger partial charge in [-0.15, -0.1) is 0 Å². The number of rotatable bonds is 10. The van der Waals surface area contributed by atoms with E-state index in [1.165, 1.54) is 0 Å². The number of hydrogen-bond donors (Lipinski definition) is 2. The SMILES string of the molecule is COc1cc(Nc2nc3ccccc3nc2N(c2cccc(NC(=O)CN3C(C)CCCC3C)c2)S(=O)[O-])cc(OC)c1. The summed E-state index contributed by atoms with van der Waals surface area (Å²) >= 11 is -2.79. The van der Waals surface area contributed by atoms with Gasteiger partial charge in [0.1, 0.15) is 11.5 Å². The van der Waals surface area contributed by atoms with Crippen LogP contribution in [0.3, 0.4) is 0 Å². The van der Waals surface area contributed by atoms with Crippen LogP contribution >= 0.6 is 0 Å². The lowest BCUT2D eigenvalue weighted by atomic mass is 9.97. The molecule has 3 unspecified atom stereocenters. The van der Waals surface area contributed by atoms with Gasteiger partial charge in [-0.2, -0.15) is 0 Å². The third-order valence-corrected chi connectivity index (χ3v) is 8.26. The quantitative estimate of drug-likeness (QED) is 0.225. The number of carbonyl (C=O) groups is 1. The number of nitrogens with one attached hydrogen (secondary N) is 2. The highest BCUT2D eigenvalue weighted by Gasteiger charge is 2.26. The first-order valence-electron chi connectivity index (χ1n) is 14.1. The number of fused-ring (bicyclic) bond motifs is 1. The number of amides is 1. The summed E-state index contributed by atoms with van der Waals surface area (Å²) in [4.78, 5) is 24.6. The van der Waals surface area contributed by atoms with E-state index in [1.54, 1.807) is 74.9 Å². The zero-order valence-electron chi connectivity index (χ0n) is 24.6. The van der Waals surface area contributed by atoms with E-state index in [1.807, 2.05) is 6.07 Å². The molecule has 2 heterocycles. The summed E-state index contributed by atoms with van der Waals surface area (Å²) in [6, 6.07) is 19.7. The number of anilines is 5. The van der Waals surface area contributed by atoms with E-state index in [4.69, 9.17) is 19.4 Å².